The maximum absolute atomic E-state index is 12.5. The van der Waals surface area contributed by atoms with Gasteiger partial charge in [-0.3, -0.25) is 14.5 Å². The molecule has 0 spiro atoms. The molecule has 2 amide bonds. The van der Waals surface area contributed by atoms with E-state index in [2.05, 4.69) is 15.0 Å². The number of piperazine rings is 1. The van der Waals surface area contributed by atoms with Crippen LogP contribution in [-0.2, 0) is 9.59 Å². The van der Waals surface area contributed by atoms with E-state index in [1.165, 1.54) is 6.33 Å². The van der Waals surface area contributed by atoms with Gasteiger partial charge in [-0.1, -0.05) is 0 Å². The predicted molar refractivity (Wildman–Crippen MR) is 83.6 cm³/mol. The third-order valence-corrected chi connectivity index (χ3v) is 4.69. The van der Waals surface area contributed by atoms with Crippen LogP contribution in [0, 0.1) is 0 Å². The van der Waals surface area contributed by atoms with Crippen LogP contribution in [0.2, 0.25) is 0 Å². The molecule has 1 atom stereocenters. The standard InChI is InChI=1S/C15H24N6O2/c1-13(21-12-16-11-17-21)15(23)20-8-6-18(7-9-20)10-14(22)19-4-2-3-5-19/h11-13H,2-10H2,1H3. The SMILES string of the molecule is CC(C(=O)N1CCN(CC(=O)N2CCCC2)CC1)n1cncn1. The summed E-state index contributed by atoms with van der Waals surface area (Å²) >= 11 is 0. The Kier molecular flexibility index (Phi) is 4.90. The lowest BCUT2D eigenvalue weighted by molar-refractivity contribution is -0.137. The van der Waals surface area contributed by atoms with Gasteiger partial charge < -0.3 is 9.80 Å². The van der Waals surface area contributed by atoms with Gasteiger partial charge in [0.05, 0.1) is 6.54 Å². The van der Waals surface area contributed by atoms with Crippen molar-refractivity contribution in [1.29, 1.82) is 0 Å². The average molecular weight is 320 g/mol. The first-order valence-electron chi connectivity index (χ1n) is 8.28. The van der Waals surface area contributed by atoms with Crippen LogP contribution in [-0.4, -0.2) is 87.1 Å². The van der Waals surface area contributed by atoms with Gasteiger partial charge in [-0.15, -0.1) is 0 Å². The molecule has 2 fully saturated rings. The number of carbonyl (C=O) groups is 2. The Morgan fingerprint density at radius 3 is 2.35 bits per heavy atom. The van der Waals surface area contributed by atoms with Crippen LogP contribution in [0.4, 0.5) is 0 Å². The lowest BCUT2D eigenvalue weighted by Gasteiger charge is -2.36. The Labute approximate surface area is 136 Å². The fourth-order valence-corrected chi connectivity index (χ4v) is 3.18. The maximum Gasteiger partial charge on any atom is 0.247 e. The highest BCUT2D eigenvalue weighted by molar-refractivity contribution is 5.80. The van der Waals surface area contributed by atoms with Crippen LogP contribution in [0.3, 0.4) is 0 Å². The highest BCUT2D eigenvalue weighted by Crippen LogP contribution is 2.12. The largest absolute Gasteiger partial charge is 0.342 e. The fraction of sp³-hybridized carbons (Fsp3) is 0.733. The molecule has 0 saturated carbocycles. The zero-order valence-corrected chi connectivity index (χ0v) is 13.6. The van der Waals surface area contributed by atoms with Gasteiger partial charge in [0.1, 0.15) is 18.7 Å². The van der Waals surface area contributed by atoms with E-state index in [-0.39, 0.29) is 17.9 Å². The van der Waals surface area contributed by atoms with E-state index in [1.54, 1.807) is 11.0 Å². The van der Waals surface area contributed by atoms with Gasteiger partial charge in [-0.25, -0.2) is 9.67 Å². The Balaban J connectivity index is 1.46. The monoisotopic (exact) mass is 320 g/mol. The van der Waals surface area contributed by atoms with Gasteiger partial charge in [-0.2, -0.15) is 5.10 Å². The van der Waals surface area contributed by atoms with Crippen LogP contribution < -0.4 is 0 Å². The summed E-state index contributed by atoms with van der Waals surface area (Å²) in [6.07, 6.45) is 5.24. The number of likely N-dealkylation sites (tertiary alicyclic amines) is 1. The molecule has 0 bridgehead atoms. The Morgan fingerprint density at radius 1 is 1.04 bits per heavy atom. The number of hydrogen-bond donors (Lipinski definition) is 0. The molecule has 3 rings (SSSR count). The number of rotatable bonds is 4. The third kappa shape index (κ3) is 3.69. The Bertz CT molecular complexity index is 532. The van der Waals surface area contributed by atoms with Crippen molar-refractivity contribution in [2.24, 2.45) is 0 Å². The van der Waals surface area contributed by atoms with Crippen molar-refractivity contribution in [3.63, 3.8) is 0 Å². The summed E-state index contributed by atoms with van der Waals surface area (Å²) in [4.78, 5) is 34.5. The highest BCUT2D eigenvalue weighted by atomic mass is 16.2. The van der Waals surface area contributed by atoms with Crippen molar-refractivity contribution in [1.82, 2.24) is 29.5 Å². The molecule has 8 heteroatoms. The molecule has 1 unspecified atom stereocenters. The van der Waals surface area contributed by atoms with Crippen LogP contribution in [0.15, 0.2) is 12.7 Å². The molecule has 126 valence electrons. The first-order valence-corrected chi connectivity index (χ1v) is 8.28. The summed E-state index contributed by atoms with van der Waals surface area (Å²) < 4.78 is 1.58. The number of aromatic nitrogens is 3. The highest BCUT2D eigenvalue weighted by Gasteiger charge is 2.28. The molecule has 0 radical (unpaired) electrons. The second kappa shape index (κ2) is 7.08. The van der Waals surface area contributed by atoms with E-state index in [0.29, 0.717) is 19.6 Å². The summed E-state index contributed by atoms with van der Waals surface area (Å²) in [6, 6.07) is -0.338. The molecule has 1 aromatic rings. The van der Waals surface area contributed by atoms with E-state index < -0.39 is 0 Å². The first-order chi connectivity index (χ1) is 11.1. The molecule has 1 aromatic heterocycles. The second-order valence-electron chi connectivity index (χ2n) is 6.24. The molecular weight excluding hydrogens is 296 g/mol. The number of hydrogen-bond acceptors (Lipinski definition) is 5. The fourth-order valence-electron chi connectivity index (χ4n) is 3.18. The van der Waals surface area contributed by atoms with Gasteiger partial charge in [0.25, 0.3) is 0 Å². The second-order valence-corrected chi connectivity index (χ2v) is 6.24. The lowest BCUT2D eigenvalue weighted by atomic mass is 10.2. The molecule has 0 N–H and O–H groups in total. The van der Waals surface area contributed by atoms with E-state index in [0.717, 1.165) is 39.0 Å². The zero-order valence-electron chi connectivity index (χ0n) is 13.6. The minimum Gasteiger partial charge on any atom is -0.342 e. The van der Waals surface area contributed by atoms with Crippen LogP contribution in [0.1, 0.15) is 25.8 Å². The zero-order chi connectivity index (χ0) is 16.2. The number of amides is 2. The minimum absolute atomic E-state index is 0.0565. The van der Waals surface area contributed by atoms with Crippen molar-refractivity contribution < 1.29 is 9.59 Å². The summed E-state index contributed by atoms with van der Waals surface area (Å²) in [5.41, 5.74) is 0. The van der Waals surface area contributed by atoms with Gasteiger partial charge in [-0.05, 0) is 19.8 Å². The molecular formula is C15H24N6O2. The van der Waals surface area contributed by atoms with Crippen molar-refractivity contribution in [2.45, 2.75) is 25.8 Å². The molecule has 3 heterocycles. The van der Waals surface area contributed by atoms with E-state index in [1.807, 2.05) is 16.7 Å². The molecule has 23 heavy (non-hydrogen) atoms. The first kappa shape index (κ1) is 15.9. The van der Waals surface area contributed by atoms with Gasteiger partial charge >= 0.3 is 0 Å². The summed E-state index contributed by atoms with van der Waals surface area (Å²) in [5.74, 6) is 0.277. The van der Waals surface area contributed by atoms with Crippen LogP contribution in [0.5, 0.6) is 0 Å². The smallest absolute Gasteiger partial charge is 0.247 e. The Hall–Kier alpha value is -1.96. The molecule has 2 aliphatic heterocycles. The van der Waals surface area contributed by atoms with Crippen molar-refractivity contribution in [2.75, 3.05) is 45.8 Å². The third-order valence-electron chi connectivity index (χ3n) is 4.69. The van der Waals surface area contributed by atoms with Gasteiger partial charge in [0.15, 0.2) is 0 Å². The minimum atomic E-state index is -0.338. The van der Waals surface area contributed by atoms with Crippen LogP contribution in [0.25, 0.3) is 0 Å². The maximum atomic E-state index is 12.5. The van der Waals surface area contributed by atoms with E-state index in [4.69, 9.17) is 0 Å². The Morgan fingerprint density at radius 2 is 1.74 bits per heavy atom. The molecule has 2 saturated heterocycles. The normalized spacial score (nSPS) is 20.7. The van der Waals surface area contributed by atoms with E-state index >= 15 is 0 Å². The van der Waals surface area contributed by atoms with Crippen molar-refractivity contribution >= 4 is 11.8 Å². The number of carbonyl (C=O) groups excluding carboxylic acids is 2. The summed E-state index contributed by atoms with van der Waals surface area (Å²) in [7, 11) is 0. The van der Waals surface area contributed by atoms with Crippen LogP contribution >= 0.6 is 0 Å². The quantitative estimate of drug-likeness (QED) is 0.755. The van der Waals surface area contributed by atoms with E-state index in [9.17, 15) is 9.59 Å². The summed E-state index contributed by atoms with van der Waals surface area (Å²) in [5, 5.41) is 4.03. The average Bonchev–Trinajstić information content (AvgIpc) is 3.27. The predicted octanol–water partition coefficient (Wildman–Crippen LogP) is -0.394. The molecule has 2 aliphatic rings. The molecule has 8 nitrogen and oxygen atoms in total. The summed E-state index contributed by atoms with van der Waals surface area (Å²) in [6.45, 7) is 6.90. The van der Waals surface area contributed by atoms with Crippen molar-refractivity contribution in [3.8, 4) is 0 Å². The number of nitrogens with zero attached hydrogens (tertiary/aromatic N) is 6. The van der Waals surface area contributed by atoms with Crippen molar-refractivity contribution in [3.05, 3.63) is 12.7 Å². The van der Waals surface area contributed by atoms with Gasteiger partial charge in [0.2, 0.25) is 11.8 Å². The molecule has 0 aliphatic carbocycles. The van der Waals surface area contributed by atoms with Gasteiger partial charge in [0, 0.05) is 39.3 Å². The molecule has 0 aromatic carbocycles. The topological polar surface area (TPSA) is 74.6 Å². The lowest BCUT2D eigenvalue weighted by Crippen LogP contribution is -2.52.